The maximum Gasteiger partial charge on any atom is 0.288 e. The normalized spacial score (nSPS) is 17.2. The zero-order valence-corrected chi connectivity index (χ0v) is 9.47. The van der Waals surface area contributed by atoms with Gasteiger partial charge in [0, 0.05) is 13.1 Å². The molecule has 0 bridgehead atoms. The van der Waals surface area contributed by atoms with Crippen LogP contribution in [0.15, 0.2) is 0 Å². The highest BCUT2D eigenvalue weighted by atomic mass is 32.2. The molecular formula is C9H16N2O2S. The van der Waals surface area contributed by atoms with Crippen LogP contribution in [0.2, 0.25) is 0 Å². The molecule has 0 aromatic carbocycles. The fourth-order valence-electron chi connectivity index (χ4n) is 1.38. The monoisotopic (exact) mass is 216 g/mol. The molecule has 0 saturated carbocycles. The van der Waals surface area contributed by atoms with Gasteiger partial charge in [-0.1, -0.05) is 25.6 Å². The lowest BCUT2D eigenvalue weighted by Crippen LogP contribution is -2.37. The highest BCUT2D eigenvalue weighted by molar-refractivity contribution is 8.14. The molecule has 14 heavy (non-hydrogen) atoms. The van der Waals surface area contributed by atoms with Gasteiger partial charge in [0.05, 0.1) is 5.75 Å². The van der Waals surface area contributed by atoms with E-state index in [1.54, 1.807) is 0 Å². The fourth-order valence-corrected chi connectivity index (χ4v) is 2.13. The third-order valence-electron chi connectivity index (χ3n) is 2.37. The average Bonchev–Trinajstić information content (AvgIpc) is 2.50. The number of imide groups is 1. The molecule has 1 fully saturated rings. The number of amides is 2. The van der Waals surface area contributed by atoms with Crippen molar-refractivity contribution in [2.75, 3.05) is 31.9 Å². The Bertz CT molecular complexity index is 213. The van der Waals surface area contributed by atoms with Crippen LogP contribution in [0, 0.1) is 0 Å². The third-order valence-corrected chi connectivity index (χ3v) is 3.23. The summed E-state index contributed by atoms with van der Waals surface area (Å²) in [5.41, 5.74) is 0. The van der Waals surface area contributed by atoms with Crippen LogP contribution < -0.4 is 0 Å². The van der Waals surface area contributed by atoms with E-state index in [2.05, 4.69) is 18.7 Å². The minimum Gasteiger partial charge on any atom is -0.302 e. The van der Waals surface area contributed by atoms with E-state index in [-0.39, 0.29) is 11.1 Å². The molecule has 1 aliphatic rings. The van der Waals surface area contributed by atoms with Crippen LogP contribution >= 0.6 is 11.8 Å². The first-order chi connectivity index (χ1) is 6.69. The van der Waals surface area contributed by atoms with Crippen molar-refractivity contribution in [1.82, 2.24) is 9.80 Å². The summed E-state index contributed by atoms with van der Waals surface area (Å²) < 4.78 is 0. The number of likely N-dealkylation sites (N-methyl/N-ethyl adjacent to an activating group) is 1. The molecule has 0 aromatic rings. The molecular weight excluding hydrogens is 200 g/mol. The molecule has 0 atom stereocenters. The molecule has 0 aromatic heterocycles. The van der Waals surface area contributed by atoms with Crippen LogP contribution in [0.25, 0.3) is 0 Å². The number of nitrogens with zero attached hydrogens (tertiary/aromatic N) is 2. The van der Waals surface area contributed by atoms with Gasteiger partial charge in [0.2, 0.25) is 5.91 Å². The topological polar surface area (TPSA) is 40.6 Å². The molecule has 1 saturated heterocycles. The van der Waals surface area contributed by atoms with E-state index in [0.717, 1.165) is 31.4 Å². The second-order valence-corrected chi connectivity index (χ2v) is 4.05. The van der Waals surface area contributed by atoms with Crippen molar-refractivity contribution in [3.8, 4) is 0 Å². The summed E-state index contributed by atoms with van der Waals surface area (Å²) in [5.74, 6) is 0.268. The summed E-state index contributed by atoms with van der Waals surface area (Å²) in [6, 6.07) is 0. The van der Waals surface area contributed by atoms with Crippen molar-refractivity contribution >= 4 is 22.9 Å². The van der Waals surface area contributed by atoms with Gasteiger partial charge in [-0.15, -0.1) is 0 Å². The van der Waals surface area contributed by atoms with Gasteiger partial charge < -0.3 is 4.90 Å². The summed E-state index contributed by atoms with van der Waals surface area (Å²) in [7, 11) is 0. The number of carbonyl (C=O) groups excluding carboxylic acids is 2. The Hall–Kier alpha value is -0.550. The first-order valence-electron chi connectivity index (χ1n) is 4.88. The first-order valence-corrected chi connectivity index (χ1v) is 5.87. The van der Waals surface area contributed by atoms with Crippen molar-refractivity contribution in [1.29, 1.82) is 0 Å². The van der Waals surface area contributed by atoms with Crippen LogP contribution in [0.5, 0.6) is 0 Å². The van der Waals surface area contributed by atoms with Crippen LogP contribution in [-0.2, 0) is 4.79 Å². The van der Waals surface area contributed by atoms with Gasteiger partial charge in [-0.2, -0.15) is 0 Å². The van der Waals surface area contributed by atoms with Crippen molar-refractivity contribution < 1.29 is 9.59 Å². The molecule has 5 heteroatoms. The lowest BCUT2D eigenvalue weighted by Gasteiger charge is -2.21. The summed E-state index contributed by atoms with van der Waals surface area (Å²) in [6.45, 7) is 7.38. The van der Waals surface area contributed by atoms with Gasteiger partial charge >= 0.3 is 0 Å². The van der Waals surface area contributed by atoms with Crippen LogP contribution in [-0.4, -0.2) is 52.9 Å². The smallest absolute Gasteiger partial charge is 0.288 e. The maximum atomic E-state index is 11.2. The summed E-state index contributed by atoms with van der Waals surface area (Å²) in [4.78, 5) is 26.0. The number of carbonyl (C=O) groups is 2. The predicted molar refractivity (Wildman–Crippen MR) is 57.4 cm³/mol. The SMILES string of the molecule is CCN(CC)CCN1C(=O)CSC1=O. The van der Waals surface area contributed by atoms with E-state index in [1.165, 1.54) is 4.90 Å². The van der Waals surface area contributed by atoms with Crippen molar-refractivity contribution in [3.63, 3.8) is 0 Å². The molecule has 1 heterocycles. The predicted octanol–water partition coefficient (Wildman–Crippen LogP) is 1.02. The fraction of sp³-hybridized carbons (Fsp3) is 0.778. The lowest BCUT2D eigenvalue weighted by molar-refractivity contribution is -0.124. The molecule has 0 N–H and O–H groups in total. The van der Waals surface area contributed by atoms with Gasteiger partial charge in [0.15, 0.2) is 0 Å². The van der Waals surface area contributed by atoms with Crippen molar-refractivity contribution in [3.05, 3.63) is 0 Å². The number of thioether (sulfide) groups is 1. The molecule has 0 radical (unpaired) electrons. The van der Waals surface area contributed by atoms with E-state index in [4.69, 9.17) is 0 Å². The van der Waals surface area contributed by atoms with E-state index >= 15 is 0 Å². The van der Waals surface area contributed by atoms with E-state index < -0.39 is 0 Å². The van der Waals surface area contributed by atoms with Gasteiger partial charge in [0.1, 0.15) is 0 Å². The van der Waals surface area contributed by atoms with Crippen LogP contribution in [0.1, 0.15) is 13.8 Å². The van der Waals surface area contributed by atoms with Crippen molar-refractivity contribution in [2.24, 2.45) is 0 Å². The number of hydrogen-bond donors (Lipinski definition) is 0. The quantitative estimate of drug-likeness (QED) is 0.688. The molecule has 1 rings (SSSR count). The van der Waals surface area contributed by atoms with Gasteiger partial charge in [-0.3, -0.25) is 14.5 Å². The summed E-state index contributed by atoms with van der Waals surface area (Å²) in [6.07, 6.45) is 0. The number of rotatable bonds is 5. The Kier molecular flexibility index (Phi) is 4.41. The van der Waals surface area contributed by atoms with Crippen LogP contribution in [0.3, 0.4) is 0 Å². The second-order valence-electron chi connectivity index (χ2n) is 3.13. The van der Waals surface area contributed by atoms with Crippen LogP contribution in [0.4, 0.5) is 4.79 Å². The molecule has 0 unspecified atom stereocenters. The van der Waals surface area contributed by atoms with E-state index in [9.17, 15) is 9.59 Å². The average molecular weight is 216 g/mol. The zero-order valence-electron chi connectivity index (χ0n) is 8.65. The Balaban J connectivity index is 2.36. The molecule has 2 amide bonds. The van der Waals surface area contributed by atoms with E-state index in [0.29, 0.717) is 12.3 Å². The molecule has 4 nitrogen and oxygen atoms in total. The largest absolute Gasteiger partial charge is 0.302 e. The Labute approximate surface area is 88.6 Å². The third kappa shape index (κ3) is 2.72. The Morgan fingerprint density at radius 3 is 2.43 bits per heavy atom. The van der Waals surface area contributed by atoms with Gasteiger partial charge in [-0.05, 0) is 13.1 Å². The maximum absolute atomic E-state index is 11.2. The minimum atomic E-state index is -0.0952. The molecule has 80 valence electrons. The minimum absolute atomic E-state index is 0.0489. The Morgan fingerprint density at radius 2 is 2.00 bits per heavy atom. The zero-order chi connectivity index (χ0) is 10.6. The highest BCUT2D eigenvalue weighted by Crippen LogP contribution is 2.17. The summed E-state index contributed by atoms with van der Waals surface area (Å²) in [5, 5.41) is -0.0952. The molecule has 0 aliphatic carbocycles. The Morgan fingerprint density at radius 1 is 1.36 bits per heavy atom. The summed E-state index contributed by atoms with van der Waals surface area (Å²) >= 11 is 1.10. The van der Waals surface area contributed by atoms with Gasteiger partial charge in [-0.25, -0.2) is 0 Å². The highest BCUT2D eigenvalue weighted by Gasteiger charge is 2.29. The standard InChI is InChI=1S/C9H16N2O2S/c1-3-10(4-2)5-6-11-8(12)7-14-9(11)13/h3-7H2,1-2H3. The molecule has 1 aliphatic heterocycles. The van der Waals surface area contributed by atoms with Gasteiger partial charge in [0.25, 0.3) is 5.24 Å². The molecule has 0 spiro atoms. The first kappa shape index (κ1) is 11.5. The lowest BCUT2D eigenvalue weighted by atomic mass is 10.4. The number of hydrogen-bond acceptors (Lipinski definition) is 4. The van der Waals surface area contributed by atoms with E-state index in [1.807, 2.05) is 0 Å². The second kappa shape index (κ2) is 5.36. The van der Waals surface area contributed by atoms with Crippen molar-refractivity contribution in [2.45, 2.75) is 13.8 Å².